The maximum atomic E-state index is 6.79. The highest BCUT2D eigenvalue weighted by Crippen LogP contribution is 2.15. The van der Waals surface area contributed by atoms with Gasteiger partial charge >= 0.3 is 0 Å². The lowest BCUT2D eigenvalue weighted by atomic mass is 10.3. The van der Waals surface area contributed by atoms with Crippen LogP contribution in [0.1, 0.15) is 4.11 Å². The second-order valence-electron chi connectivity index (χ2n) is 2.15. The van der Waals surface area contributed by atoms with Crippen LogP contribution in [0.5, 0.6) is 5.75 Å². The first kappa shape index (κ1) is 6.00. The van der Waals surface area contributed by atoms with E-state index in [0.29, 0.717) is 5.75 Å². The van der Waals surface area contributed by atoms with Crippen LogP contribution >= 0.6 is 15.9 Å². The van der Waals surface area contributed by atoms with Crippen LogP contribution in [-0.4, -0.2) is 20.3 Å². The fourth-order valence-electron chi connectivity index (χ4n) is 0.732. The van der Waals surface area contributed by atoms with Gasteiger partial charge in [0.25, 0.3) is 0 Å². The summed E-state index contributed by atoms with van der Waals surface area (Å²) in [6.07, 6.45) is 0. The van der Waals surface area contributed by atoms with Crippen LogP contribution in [0.4, 0.5) is 0 Å². The molecule has 0 spiro atoms. The summed E-state index contributed by atoms with van der Waals surface area (Å²) in [6.45, 7) is 0.270. The molecule has 2 nitrogen and oxygen atoms in total. The summed E-state index contributed by atoms with van der Waals surface area (Å²) in [5, 5.41) is 0. The Morgan fingerprint density at radius 3 is 2.75 bits per heavy atom. The lowest BCUT2D eigenvalue weighted by molar-refractivity contribution is 0.146. The Bertz CT molecular complexity index is 297. The van der Waals surface area contributed by atoms with Gasteiger partial charge in [-0.25, -0.2) is 0 Å². The SMILES string of the molecule is [2H]C([2H])([2H])OCCOc1ccc(Br)cc1. The molecule has 0 bridgehead atoms. The highest BCUT2D eigenvalue weighted by molar-refractivity contribution is 9.10. The van der Waals surface area contributed by atoms with Gasteiger partial charge in [-0.05, 0) is 24.3 Å². The minimum atomic E-state index is -2.34. The molecule has 0 unspecified atom stereocenters. The molecule has 0 aliphatic rings. The van der Waals surface area contributed by atoms with Crippen molar-refractivity contribution in [3.63, 3.8) is 0 Å². The fraction of sp³-hybridized carbons (Fsp3) is 0.333. The molecule has 12 heavy (non-hydrogen) atoms. The molecule has 0 fully saturated rings. The highest BCUT2D eigenvalue weighted by atomic mass is 79.9. The van der Waals surface area contributed by atoms with Gasteiger partial charge in [0.15, 0.2) is 0 Å². The summed E-state index contributed by atoms with van der Waals surface area (Å²) in [4.78, 5) is 0. The molecule has 1 aromatic carbocycles. The normalized spacial score (nSPS) is 14.6. The van der Waals surface area contributed by atoms with E-state index < -0.39 is 7.04 Å². The summed E-state index contributed by atoms with van der Waals surface area (Å²) >= 11 is 3.30. The molecule has 1 rings (SSSR count). The van der Waals surface area contributed by atoms with Crippen molar-refractivity contribution in [1.82, 2.24) is 0 Å². The van der Waals surface area contributed by atoms with Gasteiger partial charge in [-0.3, -0.25) is 0 Å². The maximum Gasteiger partial charge on any atom is 0.119 e. The quantitative estimate of drug-likeness (QED) is 0.745. The molecule has 0 aliphatic carbocycles. The van der Waals surface area contributed by atoms with Gasteiger partial charge < -0.3 is 9.47 Å². The molecule has 0 amide bonds. The van der Waals surface area contributed by atoms with Gasteiger partial charge in [-0.2, -0.15) is 0 Å². The van der Waals surface area contributed by atoms with E-state index in [-0.39, 0.29) is 13.2 Å². The van der Waals surface area contributed by atoms with E-state index in [0.717, 1.165) is 4.47 Å². The predicted octanol–water partition coefficient (Wildman–Crippen LogP) is 2.47. The summed E-state index contributed by atoms with van der Waals surface area (Å²) in [5.74, 6) is 0.687. The van der Waals surface area contributed by atoms with E-state index in [1.807, 2.05) is 12.1 Å². The molecular formula is C9H11BrO2. The van der Waals surface area contributed by atoms with Crippen molar-refractivity contribution in [3.05, 3.63) is 28.7 Å². The number of halogens is 1. The summed E-state index contributed by atoms with van der Waals surface area (Å²) < 4.78 is 31.1. The average Bonchev–Trinajstić information content (AvgIpc) is 2.14. The van der Waals surface area contributed by atoms with Crippen molar-refractivity contribution in [2.45, 2.75) is 0 Å². The monoisotopic (exact) mass is 233 g/mol. The van der Waals surface area contributed by atoms with Crippen LogP contribution in [0.25, 0.3) is 0 Å². The predicted molar refractivity (Wildman–Crippen MR) is 51.5 cm³/mol. The van der Waals surface area contributed by atoms with Crippen LogP contribution in [0.15, 0.2) is 28.7 Å². The first-order valence-corrected chi connectivity index (χ1v) is 4.29. The molecule has 0 radical (unpaired) electrons. The van der Waals surface area contributed by atoms with Crippen LogP contribution in [-0.2, 0) is 4.74 Å². The van der Waals surface area contributed by atoms with Gasteiger partial charge in [-0.1, -0.05) is 15.9 Å². The molecule has 0 aliphatic heterocycles. The van der Waals surface area contributed by atoms with E-state index in [4.69, 9.17) is 8.85 Å². The van der Waals surface area contributed by atoms with Crippen LogP contribution in [0, 0.1) is 0 Å². The largest absolute Gasteiger partial charge is 0.491 e. The van der Waals surface area contributed by atoms with Crippen molar-refractivity contribution in [2.75, 3.05) is 20.3 Å². The Hall–Kier alpha value is -0.540. The Morgan fingerprint density at radius 1 is 1.33 bits per heavy atom. The first-order valence-electron chi connectivity index (χ1n) is 5.00. The van der Waals surface area contributed by atoms with E-state index >= 15 is 0 Å². The van der Waals surface area contributed by atoms with Crippen molar-refractivity contribution < 1.29 is 13.6 Å². The first-order chi connectivity index (χ1) is 6.97. The Kier molecular flexibility index (Phi) is 2.58. The number of benzene rings is 1. The Morgan fingerprint density at radius 2 is 2.08 bits per heavy atom. The van der Waals surface area contributed by atoms with Crippen molar-refractivity contribution in [2.24, 2.45) is 0 Å². The molecule has 0 atom stereocenters. The molecule has 66 valence electrons. The third kappa shape index (κ3) is 3.24. The number of hydrogen-bond acceptors (Lipinski definition) is 2. The molecule has 0 heterocycles. The second-order valence-corrected chi connectivity index (χ2v) is 3.07. The lowest BCUT2D eigenvalue weighted by Gasteiger charge is -2.04. The Labute approximate surface area is 84.8 Å². The van der Waals surface area contributed by atoms with Gasteiger partial charge in [0.1, 0.15) is 12.4 Å². The maximum absolute atomic E-state index is 6.79. The van der Waals surface area contributed by atoms with Crippen molar-refractivity contribution in [1.29, 1.82) is 0 Å². The molecule has 0 saturated heterocycles. The van der Waals surface area contributed by atoms with Crippen molar-refractivity contribution in [3.8, 4) is 5.75 Å². The van der Waals surface area contributed by atoms with E-state index in [1.165, 1.54) is 0 Å². The van der Waals surface area contributed by atoms with Gasteiger partial charge in [-0.15, -0.1) is 0 Å². The van der Waals surface area contributed by atoms with Crippen LogP contribution < -0.4 is 4.74 Å². The molecular weight excluding hydrogens is 220 g/mol. The minimum Gasteiger partial charge on any atom is -0.491 e. The number of methoxy groups -OCH3 is 1. The standard InChI is InChI=1S/C9H11BrO2/c1-11-6-7-12-9-4-2-8(10)3-5-9/h2-5H,6-7H2,1H3/i1D3. The fourth-order valence-corrected chi connectivity index (χ4v) is 0.996. The third-order valence-electron chi connectivity index (χ3n) is 1.27. The van der Waals surface area contributed by atoms with E-state index in [1.54, 1.807) is 12.1 Å². The molecule has 0 N–H and O–H groups in total. The zero-order valence-corrected chi connectivity index (χ0v) is 8.00. The van der Waals surface area contributed by atoms with E-state index in [9.17, 15) is 0 Å². The molecule has 0 saturated carbocycles. The summed E-state index contributed by atoms with van der Waals surface area (Å²) in [6, 6.07) is 7.28. The minimum absolute atomic E-state index is 0.0482. The number of ether oxygens (including phenoxy) is 2. The zero-order chi connectivity index (χ0) is 11.3. The van der Waals surface area contributed by atoms with Crippen LogP contribution in [0.3, 0.4) is 0 Å². The topological polar surface area (TPSA) is 18.5 Å². The van der Waals surface area contributed by atoms with Gasteiger partial charge in [0.2, 0.25) is 0 Å². The highest BCUT2D eigenvalue weighted by Gasteiger charge is 1.91. The third-order valence-corrected chi connectivity index (χ3v) is 1.80. The summed E-state index contributed by atoms with van der Waals surface area (Å²) in [5.41, 5.74) is 0. The van der Waals surface area contributed by atoms with Gasteiger partial charge in [0.05, 0.1) is 10.7 Å². The van der Waals surface area contributed by atoms with E-state index in [2.05, 4.69) is 20.7 Å². The van der Waals surface area contributed by atoms with Gasteiger partial charge in [0, 0.05) is 11.5 Å². The second kappa shape index (κ2) is 5.17. The summed E-state index contributed by atoms with van der Waals surface area (Å²) in [7, 11) is -2.34. The van der Waals surface area contributed by atoms with Crippen molar-refractivity contribution >= 4 is 15.9 Å². The Balaban J connectivity index is 2.23. The average molecular weight is 234 g/mol. The number of rotatable bonds is 4. The van der Waals surface area contributed by atoms with Crippen LogP contribution in [0.2, 0.25) is 0 Å². The molecule has 3 heteroatoms. The molecule has 0 aromatic heterocycles. The lowest BCUT2D eigenvalue weighted by Crippen LogP contribution is -2.03. The zero-order valence-electron chi connectivity index (χ0n) is 9.42. The number of hydrogen-bond donors (Lipinski definition) is 0. The molecule has 1 aromatic rings. The smallest absolute Gasteiger partial charge is 0.119 e.